The number of aromatic nitrogens is 2. The van der Waals surface area contributed by atoms with Gasteiger partial charge in [-0.2, -0.15) is 0 Å². The molecule has 0 aliphatic carbocycles. The van der Waals surface area contributed by atoms with Gasteiger partial charge in [-0.05, 0) is 37.3 Å². The van der Waals surface area contributed by atoms with Crippen LogP contribution in [0.25, 0.3) is 5.65 Å². The highest BCUT2D eigenvalue weighted by Crippen LogP contribution is 2.22. The third kappa shape index (κ3) is 4.06. The van der Waals surface area contributed by atoms with Gasteiger partial charge in [0, 0.05) is 30.9 Å². The Morgan fingerprint density at radius 3 is 2.88 bits per heavy atom. The van der Waals surface area contributed by atoms with Crippen LogP contribution in [0.2, 0.25) is 10.0 Å². The fraction of sp³-hybridized carbons (Fsp3) is 0.222. The lowest BCUT2D eigenvalue weighted by molar-refractivity contribution is 0.0954. The number of hydrogen-bond donors (Lipinski definition) is 1. The number of imidazole rings is 1. The average Bonchev–Trinajstić information content (AvgIpc) is 3.01. The molecule has 0 aliphatic heterocycles. The predicted molar refractivity (Wildman–Crippen MR) is 98.9 cm³/mol. The number of halogens is 2. The molecule has 7 heteroatoms. The highest BCUT2D eigenvalue weighted by Gasteiger charge is 2.10. The van der Waals surface area contributed by atoms with E-state index in [1.54, 1.807) is 18.2 Å². The van der Waals surface area contributed by atoms with Crippen LogP contribution in [0.3, 0.4) is 0 Å². The van der Waals surface area contributed by atoms with Crippen molar-refractivity contribution in [3.05, 3.63) is 64.0 Å². The summed E-state index contributed by atoms with van der Waals surface area (Å²) in [6.07, 6.45) is 4.46. The summed E-state index contributed by atoms with van der Waals surface area (Å²) in [4.78, 5) is 16.7. The van der Waals surface area contributed by atoms with Crippen molar-refractivity contribution >= 4 is 34.8 Å². The molecule has 0 radical (unpaired) electrons. The second-order valence-corrected chi connectivity index (χ2v) is 6.22. The summed E-state index contributed by atoms with van der Waals surface area (Å²) in [5.41, 5.74) is 2.12. The third-order valence-electron chi connectivity index (χ3n) is 3.65. The minimum Gasteiger partial charge on any atom is -0.490 e. The molecule has 2 heterocycles. The van der Waals surface area contributed by atoms with Crippen LogP contribution in [0.1, 0.15) is 23.0 Å². The van der Waals surface area contributed by atoms with E-state index in [2.05, 4.69) is 10.3 Å². The van der Waals surface area contributed by atoms with Crippen LogP contribution in [-0.2, 0) is 6.42 Å². The van der Waals surface area contributed by atoms with Crippen LogP contribution < -0.4 is 10.1 Å². The van der Waals surface area contributed by atoms with E-state index in [0.717, 1.165) is 17.1 Å². The molecule has 3 rings (SSSR count). The molecule has 0 atom stereocenters. The fourth-order valence-electron chi connectivity index (χ4n) is 2.47. The van der Waals surface area contributed by atoms with Crippen LogP contribution in [0.5, 0.6) is 5.75 Å². The minimum absolute atomic E-state index is 0.197. The van der Waals surface area contributed by atoms with Gasteiger partial charge >= 0.3 is 0 Å². The van der Waals surface area contributed by atoms with E-state index in [9.17, 15) is 4.79 Å². The van der Waals surface area contributed by atoms with Gasteiger partial charge in [-0.25, -0.2) is 4.98 Å². The monoisotopic (exact) mass is 377 g/mol. The number of pyridine rings is 1. The summed E-state index contributed by atoms with van der Waals surface area (Å²) >= 11 is 11.8. The van der Waals surface area contributed by atoms with Gasteiger partial charge in [0.05, 0.1) is 22.3 Å². The van der Waals surface area contributed by atoms with Crippen LogP contribution in [0, 0.1) is 0 Å². The molecule has 5 nitrogen and oxygen atoms in total. The van der Waals surface area contributed by atoms with E-state index < -0.39 is 0 Å². The number of nitrogens with zero attached hydrogens (tertiary/aromatic N) is 2. The maximum atomic E-state index is 12.2. The van der Waals surface area contributed by atoms with E-state index in [1.165, 1.54) is 0 Å². The lowest BCUT2D eigenvalue weighted by Gasteiger charge is -2.05. The maximum Gasteiger partial charge on any atom is 0.251 e. The minimum atomic E-state index is -0.197. The van der Waals surface area contributed by atoms with Crippen molar-refractivity contribution in [2.24, 2.45) is 0 Å². The molecule has 1 aromatic carbocycles. The number of fused-ring (bicyclic) bond motifs is 1. The van der Waals surface area contributed by atoms with Gasteiger partial charge in [0.2, 0.25) is 0 Å². The first-order valence-electron chi connectivity index (χ1n) is 7.91. The first-order chi connectivity index (χ1) is 12.1. The number of carbonyl (C=O) groups is 1. The molecular formula is C18H17Cl2N3O2. The molecule has 0 unspecified atom stereocenters. The topological polar surface area (TPSA) is 55.6 Å². The molecule has 0 aliphatic rings. The third-order valence-corrected chi connectivity index (χ3v) is 4.38. The van der Waals surface area contributed by atoms with Crippen LogP contribution >= 0.6 is 23.2 Å². The van der Waals surface area contributed by atoms with Gasteiger partial charge in [-0.1, -0.05) is 23.2 Å². The fourth-order valence-corrected chi connectivity index (χ4v) is 2.77. The molecule has 0 saturated heterocycles. The molecule has 130 valence electrons. The number of carbonyl (C=O) groups excluding carboxylic acids is 1. The SMILES string of the molecule is CCOc1cccn2cc(CCNC(=O)c3ccc(Cl)c(Cl)c3)nc12. The summed E-state index contributed by atoms with van der Waals surface area (Å²) in [6.45, 7) is 2.99. The van der Waals surface area contributed by atoms with Gasteiger partial charge < -0.3 is 14.5 Å². The first kappa shape index (κ1) is 17.6. The molecule has 25 heavy (non-hydrogen) atoms. The normalized spacial score (nSPS) is 10.8. The van der Waals surface area contributed by atoms with E-state index in [-0.39, 0.29) is 5.91 Å². The van der Waals surface area contributed by atoms with Gasteiger partial charge in [0.15, 0.2) is 11.4 Å². The largest absolute Gasteiger partial charge is 0.490 e. The number of amides is 1. The number of nitrogens with one attached hydrogen (secondary N) is 1. The lowest BCUT2D eigenvalue weighted by Crippen LogP contribution is -2.25. The Hall–Kier alpha value is -2.24. The summed E-state index contributed by atoms with van der Waals surface area (Å²) in [7, 11) is 0. The van der Waals surface area contributed by atoms with Gasteiger partial charge in [0.25, 0.3) is 5.91 Å². The van der Waals surface area contributed by atoms with Crippen LogP contribution in [0.4, 0.5) is 0 Å². The van der Waals surface area contributed by atoms with Gasteiger partial charge in [-0.15, -0.1) is 0 Å². The quantitative estimate of drug-likeness (QED) is 0.705. The van der Waals surface area contributed by atoms with Gasteiger partial charge in [0.1, 0.15) is 0 Å². The average molecular weight is 378 g/mol. The van der Waals surface area contributed by atoms with Gasteiger partial charge in [-0.3, -0.25) is 4.79 Å². The smallest absolute Gasteiger partial charge is 0.251 e. The Labute approximate surface area is 155 Å². The predicted octanol–water partition coefficient (Wildman–Crippen LogP) is 4.01. The van der Waals surface area contributed by atoms with E-state index in [1.807, 2.05) is 35.9 Å². The summed E-state index contributed by atoms with van der Waals surface area (Å²) in [5.74, 6) is 0.549. The van der Waals surface area contributed by atoms with Crippen LogP contribution in [0.15, 0.2) is 42.7 Å². The van der Waals surface area contributed by atoms with Crippen molar-refractivity contribution in [3.63, 3.8) is 0 Å². The van der Waals surface area contributed by atoms with Crippen molar-refractivity contribution in [1.29, 1.82) is 0 Å². The Balaban J connectivity index is 1.63. The Morgan fingerprint density at radius 1 is 1.28 bits per heavy atom. The van der Waals surface area contributed by atoms with Crippen LogP contribution in [-0.4, -0.2) is 28.4 Å². The van der Waals surface area contributed by atoms with Crippen molar-refractivity contribution in [1.82, 2.24) is 14.7 Å². The van der Waals surface area contributed by atoms with E-state index >= 15 is 0 Å². The Kier molecular flexibility index (Phi) is 5.46. The second-order valence-electron chi connectivity index (χ2n) is 5.40. The highest BCUT2D eigenvalue weighted by molar-refractivity contribution is 6.42. The van der Waals surface area contributed by atoms with E-state index in [4.69, 9.17) is 27.9 Å². The summed E-state index contributed by atoms with van der Waals surface area (Å²) < 4.78 is 7.50. The molecule has 3 aromatic rings. The van der Waals surface area contributed by atoms with E-state index in [0.29, 0.717) is 35.2 Å². The number of rotatable bonds is 6. The van der Waals surface area contributed by atoms with Crippen molar-refractivity contribution < 1.29 is 9.53 Å². The van der Waals surface area contributed by atoms with Crippen molar-refractivity contribution in [3.8, 4) is 5.75 Å². The zero-order valence-corrected chi connectivity index (χ0v) is 15.1. The summed E-state index contributed by atoms with van der Waals surface area (Å²) in [6, 6.07) is 8.61. The molecule has 1 N–H and O–H groups in total. The second kappa shape index (κ2) is 7.76. The molecular weight excluding hydrogens is 361 g/mol. The molecule has 2 aromatic heterocycles. The Bertz CT molecular complexity index is 908. The lowest BCUT2D eigenvalue weighted by atomic mass is 10.2. The molecule has 0 saturated carbocycles. The highest BCUT2D eigenvalue weighted by atomic mass is 35.5. The number of hydrogen-bond acceptors (Lipinski definition) is 3. The zero-order valence-electron chi connectivity index (χ0n) is 13.6. The van der Waals surface area contributed by atoms with Crippen molar-refractivity contribution in [2.45, 2.75) is 13.3 Å². The maximum absolute atomic E-state index is 12.2. The molecule has 1 amide bonds. The molecule has 0 fully saturated rings. The standard InChI is InChI=1S/C18H17Cl2N3O2/c1-2-25-16-4-3-9-23-11-13(22-17(16)23)7-8-21-18(24)12-5-6-14(19)15(20)10-12/h3-6,9-11H,2,7-8H2,1H3,(H,21,24). The molecule has 0 bridgehead atoms. The summed E-state index contributed by atoms with van der Waals surface area (Å²) in [5, 5.41) is 3.64. The first-order valence-corrected chi connectivity index (χ1v) is 8.66. The van der Waals surface area contributed by atoms with Crippen molar-refractivity contribution in [2.75, 3.05) is 13.2 Å². The number of ether oxygens (including phenoxy) is 1. The number of benzene rings is 1. The zero-order chi connectivity index (χ0) is 17.8. The molecule has 0 spiro atoms. The Morgan fingerprint density at radius 2 is 2.12 bits per heavy atom.